The van der Waals surface area contributed by atoms with Gasteiger partial charge in [-0.3, -0.25) is 4.98 Å². The van der Waals surface area contributed by atoms with Gasteiger partial charge in [-0.2, -0.15) is 0 Å². The number of pyridine rings is 1. The largest absolute Gasteiger partial charge is 0.344 e. The Balaban J connectivity index is 1.84. The molecule has 3 aromatic rings. The van der Waals surface area contributed by atoms with Crippen LogP contribution in [0.4, 0.5) is 0 Å². The molecule has 0 saturated heterocycles. The lowest BCUT2D eigenvalue weighted by Gasteiger charge is -2.10. The highest BCUT2D eigenvalue weighted by molar-refractivity contribution is 5.78. The summed E-state index contributed by atoms with van der Waals surface area (Å²) in [5.41, 5.74) is 3.45. The molecule has 3 heteroatoms. The molecule has 20 heavy (non-hydrogen) atoms. The van der Waals surface area contributed by atoms with Crippen LogP contribution in [0.3, 0.4) is 0 Å². The molecule has 0 spiro atoms. The minimum Gasteiger partial charge on any atom is -0.344 e. The van der Waals surface area contributed by atoms with Gasteiger partial charge in [0.25, 0.3) is 0 Å². The smallest absolute Gasteiger partial charge is 0.0706 e. The van der Waals surface area contributed by atoms with Crippen LogP contribution in [0.1, 0.15) is 18.3 Å². The molecule has 0 aliphatic carbocycles. The molecule has 0 bridgehead atoms. The van der Waals surface area contributed by atoms with E-state index in [2.05, 4.69) is 59.4 Å². The summed E-state index contributed by atoms with van der Waals surface area (Å²) in [6.07, 6.45) is 2.11. The van der Waals surface area contributed by atoms with Crippen molar-refractivity contribution in [1.82, 2.24) is 14.9 Å². The van der Waals surface area contributed by atoms with E-state index in [0.29, 0.717) is 0 Å². The monoisotopic (exact) mass is 265 g/mol. The zero-order chi connectivity index (χ0) is 13.8. The first-order valence-electron chi connectivity index (χ1n) is 7.06. The van der Waals surface area contributed by atoms with Crippen LogP contribution in [-0.4, -0.2) is 16.1 Å². The van der Waals surface area contributed by atoms with Gasteiger partial charge < -0.3 is 9.88 Å². The van der Waals surface area contributed by atoms with Crippen molar-refractivity contribution in [2.24, 2.45) is 0 Å². The third kappa shape index (κ3) is 2.73. The van der Waals surface area contributed by atoms with E-state index in [4.69, 9.17) is 4.98 Å². The summed E-state index contributed by atoms with van der Waals surface area (Å²) >= 11 is 0. The molecule has 0 radical (unpaired) electrons. The third-order valence-corrected chi connectivity index (χ3v) is 3.47. The molecule has 0 fully saturated rings. The molecule has 102 valence electrons. The molecule has 0 amide bonds. The number of nitrogens with zero attached hydrogens (tertiary/aromatic N) is 2. The Morgan fingerprint density at radius 3 is 2.85 bits per heavy atom. The molecule has 3 rings (SSSR count). The van der Waals surface area contributed by atoms with E-state index in [1.807, 2.05) is 12.1 Å². The molecule has 0 atom stereocenters. The lowest BCUT2D eigenvalue weighted by Crippen LogP contribution is -2.15. The van der Waals surface area contributed by atoms with Gasteiger partial charge in [0.05, 0.1) is 17.8 Å². The standard InChI is InChI=1S/C17H19N3/c1-2-18-12-16-7-5-11-20(16)13-15-10-9-14-6-3-4-8-17(14)19-15/h3-11,18H,2,12-13H2,1H3. The fraction of sp³-hybridized carbons (Fsp3) is 0.235. The highest BCUT2D eigenvalue weighted by Gasteiger charge is 2.03. The van der Waals surface area contributed by atoms with Gasteiger partial charge >= 0.3 is 0 Å². The van der Waals surface area contributed by atoms with E-state index < -0.39 is 0 Å². The van der Waals surface area contributed by atoms with Crippen LogP contribution in [0.25, 0.3) is 10.9 Å². The van der Waals surface area contributed by atoms with Gasteiger partial charge in [-0.25, -0.2) is 0 Å². The zero-order valence-electron chi connectivity index (χ0n) is 11.7. The number of hydrogen-bond donors (Lipinski definition) is 1. The first-order chi connectivity index (χ1) is 9.86. The first-order valence-corrected chi connectivity index (χ1v) is 7.06. The maximum atomic E-state index is 4.73. The molecule has 0 saturated carbocycles. The van der Waals surface area contributed by atoms with E-state index in [-0.39, 0.29) is 0 Å². The van der Waals surface area contributed by atoms with Gasteiger partial charge in [-0.15, -0.1) is 0 Å². The highest BCUT2D eigenvalue weighted by atomic mass is 15.0. The zero-order valence-corrected chi connectivity index (χ0v) is 11.7. The quantitative estimate of drug-likeness (QED) is 0.768. The molecule has 1 aromatic carbocycles. The average Bonchev–Trinajstić information content (AvgIpc) is 2.92. The minimum absolute atomic E-state index is 0.818. The van der Waals surface area contributed by atoms with Crippen molar-refractivity contribution in [3.8, 4) is 0 Å². The van der Waals surface area contributed by atoms with E-state index in [1.54, 1.807) is 0 Å². The average molecular weight is 265 g/mol. The Morgan fingerprint density at radius 1 is 1.05 bits per heavy atom. The molecule has 2 heterocycles. The van der Waals surface area contributed by atoms with Gasteiger partial charge in [0, 0.05) is 23.8 Å². The van der Waals surface area contributed by atoms with Crippen molar-refractivity contribution in [1.29, 1.82) is 0 Å². The summed E-state index contributed by atoms with van der Waals surface area (Å²) in [4.78, 5) is 4.73. The summed E-state index contributed by atoms with van der Waals surface area (Å²) in [5, 5.41) is 4.56. The van der Waals surface area contributed by atoms with Crippen LogP contribution in [-0.2, 0) is 13.1 Å². The Bertz CT molecular complexity index is 700. The Hall–Kier alpha value is -2.13. The van der Waals surface area contributed by atoms with Gasteiger partial charge in [0.15, 0.2) is 0 Å². The fourth-order valence-electron chi connectivity index (χ4n) is 2.39. The highest BCUT2D eigenvalue weighted by Crippen LogP contribution is 2.13. The van der Waals surface area contributed by atoms with Crippen molar-refractivity contribution < 1.29 is 0 Å². The molecular weight excluding hydrogens is 246 g/mol. The molecule has 2 aromatic heterocycles. The lowest BCUT2D eigenvalue weighted by atomic mass is 10.2. The minimum atomic E-state index is 0.818. The van der Waals surface area contributed by atoms with Crippen LogP contribution in [0.5, 0.6) is 0 Å². The van der Waals surface area contributed by atoms with Gasteiger partial charge in [0.2, 0.25) is 0 Å². The summed E-state index contributed by atoms with van der Waals surface area (Å²) in [6, 6.07) is 16.7. The second-order valence-electron chi connectivity index (χ2n) is 4.90. The Labute approximate surface area is 119 Å². The molecule has 1 N–H and O–H groups in total. The predicted octanol–water partition coefficient (Wildman–Crippen LogP) is 3.19. The van der Waals surface area contributed by atoms with Crippen LogP contribution in [0, 0.1) is 0 Å². The second kappa shape index (κ2) is 5.88. The van der Waals surface area contributed by atoms with Crippen molar-refractivity contribution in [3.63, 3.8) is 0 Å². The Morgan fingerprint density at radius 2 is 1.95 bits per heavy atom. The molecule has 0 unspecified atom stereocenters. The SMILES string of the molecule is CCNCc1cccn1Cc1ccc2ccccc2n1. The second-order valence-corrected chi connectivity index (χ2v) is 4.90. The first kappa shape index (κ1) is 12.9. The van der Waals surface area contributed by atoms with Crippen molar-refractivity contribution in [2.75, 3.05) is 6.54 Å². The van der Waals surface area contributed by atoms with Crippen LogP contribution in [0.2, 0.25) is 0 Å². The lowest BCUT2D eigenvalue weighted by molar-refractivity contribution is 0.653. The normalized spacial score (nSPS) is 11.1. The number of benzene rings is 1. The molecule has 0 aliphatic rings. The summed E-state index contributed by atoms with van der Waals surface area (Å²) in [7, 11) is 0. The maximum absolute atomic E-state index is 4.73. The summed E-state index contributed by atoms with van der Waals surface area (Å²) in [5.74, 6) is 0. The van der Waals surface area contributed by atoms with Crippen LogP contribution in [0.15, 0.2) is 54.7 Å². The van der Waals surface area contributed by atoms with Crippen LogP contribution >= 0.6 is 0 Å². The van der Waals surface area contributed by atoms with Gasteiger partial charge in [0.1, 0.15) is 0 Å². The number of hydrogen-bond acceptors (Lipinski definition) is 2. The van der Waals surface area contributed by atoms with E-state index >= 15 is 0 Å². The topological polar surface area (TPSA) is 29.9 Å². The number of rotatable bonds is 5. The number of nitrogens with one attached hydrogen (secondary N) is 1. The number of para-hydroxylation sites is 1. The molecular formula is C17H19N3. The summed E-state index contributed by atoms with van der Waals surface area (Å²) < 4.78 is 2.25. The number of aromatic nitrogens is 2. The van der Waals surface area contributed by atoms with E-state index in [9.17, 15) is 0 Å². The fourth-order valence-corrected chi connectivity index (χ4v) is 2.39. The molecule has 3 nitrogen and oxygen atoms in total. The van der Waals surface area contributed by atoms with Crippen molar-refractivity contribution in [3.05, 3.63) is 66.1 Å². The summed E-state index contributed by atoms with van der Waals surface area (Å²) in [6.45, 7) is 4.83. The van der Waals surface area contributed by atoms with E-state index in [0.717, 1.165) is 30.8 Å². The van der Waals surface area contributed by atoms with Gasteiger partial charge in [-0.1, -0.05) is 31.2 Å². The maximum Gasteiger partial charge on any atom is 0.0706 e. The Kier molecular flexibility index (Phi) is 3.79. The van der Waals surface area contributed by atoms with Crippen molar-refractivity contribution >= 4 is 10.9 Å². The van der Waals surface area contributed by atoms with Crippen LogP contribution < -0.4 is 5.32 Å². The third-order valence-electron chi connectivity index (χ3n) is 3.47. The van der Waals surface area contributed by atoms with Crippen molar-refractivity contribution in [2.45, 2.75) is 20.0 Å². The molecule has 0 aliphatic heterocycles. The van der Waals surface area contributed by atoms with Gasteiger partial charge in [-0.05, 0) is 30.8 Å². The van der Waals surface area contributed by atoms with E-state index in [1.165, 1.54) is 11.1 Å². The number of fused-ring (bicyclic) bond motifs is 1. The predicted molar refractivity (Wildman–Crippen MR) is 82.7 cm³/mol.